The number of nitrogens with zero attached hydrogens (tertiary/aromatic N) is 4. The lowest BCUT2D eigenvalue weighted by Crippen LogP contribution is -2.60. The largest absolute Gasteiger partial charge is 0.417 e. The highest BCUT2D eigenvalue weighted by Gasteiger charge is 2.45. The average molecular weight is 509 g/mol. The number of thiocarbonyl (C=S) groups is 1. The molecule has 1 aliphatic rings. The Morgan fingerprint density at radius 2 is 1.74 bits per heavy atom. The molecule has 0 radical (unpaired) electrons. The Hall–Kier alpha value is -2.81. The van der Waals surface area contributed by atoms with Crippen molar-refractivity contribution in [3.8, 4) is 6.07 Å². The predicted molar refractivity (Wildman–Crippen MR) is 132 cm³/mol. The molecule has 0 aromatic heterocycles. The number of nitriles is 1. The van der Waals surface area contributed by atoms with Crippen LogP contribution in [0, 0.1) is 11.3 Å². The first-order chi connectivity index (χ1) is 16.1. The van der Waals surface area contributed by atoms with Gasteiger partial charge in [0.1, 0.15) is 24.1 Å². The van der Waals surface area contributed by atoms with Crippen molar-refractivity contribution >= 4 is 52.9 Å². The van der Waals surface area contributed by atoms with Crippen molar-refractivity contribution in [2.45, 2.75) is 31.0 Å². The summed E-state index contributed by atoms with van der Waals surface area (Å²) < 4.78 is 47.4. The second-order valence-corrected chi connectivity index (χ2v) is 9.24. The summed E-state index contributed by atoms with van der Waals surface area (Å²) in [5, 5.41) is 9.26. The van der Waals surface area contributed by atoms with Crippen LogP contribution in [0.4, 0.5) is 30.2 Å². The number of alkyl halides is 3. The van der Waals surface area contributed by atoms with Crippen LogP contribution in [0.3, 0.4) is 0 Å². The standard InChI is InChI=1S/C23H23F3N4O2S2/c1-28(19-6-5-16(14-27)20(13-19)23(24,25)26)21(33)30(22(15-31)11-4-12-22)18-9-7-17(8-10-18)29(2)34-32-3/h5-10,13,15H,4,11-12H2,1-3H3. The van der Waals surface area contributed by atoms with Crippen LogP contribution >= 0.6 is 24.4 Å². The van der Waals surface area contributed by atoms with Crippen LogP contribution in [0.2, 0.25) is 0 Å². The van der Waals surface area contributed by atoms with E-state index in [-0.39, 0.29) is 10.8 Å². The molecule has 3 rings (SSSR count). The van der Waals surface area contributed by atoms with Crippen molar-refractivity contribution in [2.75, 3.05) is 35.3 Å². The van der Waals surface area contributed by atoms with Gasteiger partial charge in [0.2, 0.25) is 0 Å². The monoisotopic (exact) mass is 508 g/mol. The van der Waals surface area contributed by atoms with E-state index in [0.717, 1.165) is 42.8 Å². The first-order valence-corrected chi connectivity index (χ1v) is 11.4. The summed E-state index contributed by atoms with van der Waals surface area (Å²) in [5.74, 6) is 0. The third kappa shape index (κ3) is 4.99. The molecule has 6 nitrogen and oxygen atoms in total. The van der Waals surface area contributed by atoms with Gasteiger partial charge in [-0.3, -0.25) is 4.31 Å². The van der Waals surface area contributed by atoms with Crippen molar-refractivity contribution < 1.29 is 22.1 Å². The molecule has 11 heteroatoms. The number of hydrogen-bond donors (Lipinski definition) is 0. The SMILES string of the molecule is COSN(C)c1ccc(N(C(=S)N(C)c2ccc(C#N)c(C(F)(F)F)c2)C2(C=O)CCC2)cc1. The van der Waals surface area contributed by atoms with Gasteiger partial charge in [0.05, 0.1) is 24.3 Å². The van der Waals surface area contributed by atoms with Crippen LogP contribution in [0.25, 0.3) is 0 Å². The number of anilines is 3. The molecule has 0 bridgehead atoms. The molecule has 1 fully saturated rings. The van der Waals surface area contributed by atoms with Gasteiger partial charge < -0.3 is 18.8 Å². The van der Waals surface area contributed by atoms with E-state index in [4.69, 9.17) is 21.7 Å². The van der Waals surface area contributed by atoms with Crippen LogP contribution in [-0.4, -0.2) is 38.1 Å². The van der Waals surface area contributed by atoms with Gasteiger partial charge in [-0.25, -0.2) is 0 Å². The number of aldehydes is 1. The zero-order valence-electron chi connectivity index (χ0n) is 18.8. The summed E-state index contributed by atoms with van der Waals surface area (Å²) in [6.45, 7) is 0. The molecule has 2 aromatic rings. The van der Waals surface area contributed by atoms with Crippen LogP contribution < -0.4 is 14.1 Å². The molecule has 1 saturated carbocycles. The molecule has 180 valence electrons. The Balaban J connectivity index is 2.01. The molecule has 1 aliphatic carbocycles. The lowest BCUT2D eigenvalue weighted by molar-refractivity contribution is -0.137. The van der Waals surface area contributed by atoms with E-state index in [2.05, 4.69) is 0 Å². The van der Waals surface area contributed by atoms with E-state index >= 15 is 0 Å². The molecule has 0 aliphatic heterocycles. The molecule has 2 aromatic carbocycles. The first-order valence-electron chi connectivity index (χ1n) is 10.3. The van der Waals surface area contributed by atoms with Gasteiger partial charge >= 0.3 is 6.18 Å². The maximum Gasteiger partial charge on any atom is 0.417 e. The summed E-state index contributed by atoms with van der Waals surface area (Å²) in [7, 11) is 4.94. The van der Waals surface area contributed by atoms with E-state index in [1.807, 2.05) is 35.6 Å². The van der Waals surface area contributed by atoms with Crippen LogP contribution in [0.15, 0.2) is 42.5 Å². The summed E-state index contributed by atoms with van der Waals surface area (Å²) in [6.07, 6.45) is -1.84. The number of halogens is 3. The summed E-state index contributed by atoms with van der Waals surface area (Å²) in [6, 6.07) is 12.3. The van der Waals surface area contributed by atoms with Crippen LogP contribution in [0.5, 0.6) is 0 Å². The van der Waals surface area contributed by atoms with Crippen molar-refractivity contribution in [3.63, 3.8) is 0 Å². The minimum Gasteiger partial charge on any atom is -0.322 e. The zero-order valence-corrected chi connectivity index (χ0v) is 20.4. The second kappa shape index (κ2) is 10.2. The quantitative estimate of drug-likeness (QED) is 0.208. The number of carbonyl (C=O) groups excluding carboxylic acids is 1. The molecular formula is C23H23F3N4O2S2. The third-order valence-corrected chi connectivity index (χ3v) is 6.88. The van der Waals surface area contributed by atoms with Crippen molar-refractivity contribution in [2.24, 2.45) is 0 Å². The van der Waals surface area contributed by atoms with Gasteiger partial charge in [-0.05, 0) is 73.9 Å². The van der Waals surface area contributed by atoms with Crippen molar-refractivity contribution in [1.29, 1.82) is 5.26 Å². The molecule has 0 unspecified atom stereocenters. The van der Waals surface area contributed by atoms with Gasteiger partial charge in [-0.1, -0.05) is 0 Å². The summed E-state index contributed by atoms with van der Waals surface area (Å²) in [4.78, 5) is 15.3. The second-order valence-electron chi connectivity index (χ2n) is 7.85. The molecule has 0 heterocycles. The molecular weight excluding hydrogens is 485 g/mol. The van der Waals surface area contributed by atoms with Crippen LogP contribution in [-0.2, 0) is 15.2 Å². The maximum atomic E-state index is 13.5. The van der Waals surface area contributed by atoms with Gasteiger partial charge in [-0.15, -0.1) is 0 Å². The highest BCUT2D eigenvalue weighted by molar-refractivity contribution is 7.96. The fraction of sp³-hybridized carbons (Fsp3) is 0.348. The van der Waals surface area contributed by atoms with E-state index in [1.165, 1.54) is 11.0 Å². The molecule has 0 amide bonds. The van der Waals surface area contributed by atoms with E-state index in [0.29, 0.717) is 18.5 Å². The predicted octanol–water partition coefficient (Wildman–Crippen LogP) is 5.57. The van der Waals surface area contributed by atoms with Crippen molar-refractivity contribution in [3.05, 3.63) is 53.6 Å². The number of hydrogen-bond acceptors (Lipinski definition) is 6. The van der Waals surface area contributed by atoms with Gasteiger partial charge in [0.15, 0.2) is 5.11 Å². The smallest absolute Gasteiger partial charge is 0.322 e. The van der Waals surface area contributed by atoms with Gasteiger partial charge in [-0.2, -0.15) is 18.4 Å². The highest BCUT2D eigenvalue weighted by atomic mass is 32.2. The van der Waals surface area contributed by atoms with Gasteiger partial charge in [0, 0.05) is 31.2 Å². The highest BCUT2D eigenvalue weighted by Crippen LogP contribution is 2.41. The Morgan fingerprint density at radius 1 is 1.15 bits per heavy atom. The van der Waals surface area contributed by atoms with Crippen molar-refractivity contribution in [1.82, 2.24) is 0 Å². The Bertz CT molecular complexity index is 1100. The Labute approximate surface area is 206 Å². The Morgan fingerprint density at radius 3 is 2.21 bits per heavy atom. The van der Waals surface area contributed by atoms with E-state index < -0.39 is 22.8 Å². The molecule has 34 heavy (non-hydrogen) atoms. The Kier molecular flexibility index (Phi) is 7.75. The topological polar surface area (TPSA) is 59.8 Å². The fourth-order valence-electron chi connectivity index (χ4n) is 3.79. The molecule has 0 atom stereocenters. The molecule has 0 N–H and O–H groups in total. The average Bonchev–Trinajstić information content (AvgIpc) is 2.79. The molecule has 0 saturated heterocycles. The maximum absolute atomic E-state index is 13.5. The summed E-state index contributed by atoms with van der Waals surface area (Å²) >= 11 is 6.87. The normalized spacial score (nSPS) is 14.5. The molecule has 0 spiro atoms. The van der Waals surface area contributed by atoms with Gasteiger partial charge in [0.25, 0.3) is 0 Å². The minimum atomic E-state index is -4.69. The minimum absolute atomic E-state index is 0.162. The third-order valence-electron chi connectivity index (χ3n) is 5.84. The lowest BCUT2D eigenvalue weighted by atomic mass is 9.76. The van der Waals surface area contributed by atoms with Crippen LogP contribution in [0.1, 0.15) is 30.4 Å². The number of rotatable bonds is 7. The number of carbonyl (C=O) groups is 1. The fourth-order valence-corrected chi connectivity index (χ4v) is 4.62. The lowest BCUT2D eigenvalue weighted by Gasteiger charge is -2.49. The number of benzene rings is 2. The van der Waals surface area contributed by atoms with E-state index in [9.17, 15) is 18.0 Å². The zero-order chi connectivity index (χ0) is 25.1. The van der Waals surface area contributed by atoms with E-state index in [1.54, 1.807) is 25.1 Å². The first kappa shape index (κ1) is 25.8. The summed E-state index contributed by atoms with van der Waals surface area (Å²) in [5.41, 5.74) is -0.720.